The number of anilines is 1. The van der Waals surface area contributed by atoms with E-state index >= 15 is 0 Å². The number of nitrogens with zero attached hydrogens (tertiary/aromatic N) is 3. The molecule has 1 N–H and O–H groups in total. The van der Waals surface area contributed by atoms with Crippen LogP contribution in [0.5, 0.6) is 0 Å². The van der Waals surface area contributed by atoms with Crippen LogP contribution in [0.15, 0.2) is 4.52 Å². The number of hydrogen-bond acceptors (Lipinski definition) is 5. The highest BCUT2D eigenvalue weighted by Gasteiger charge is 2.20. The Labute approximate surface area is 108 Å². The van der Waals surface area contributed by atoms with E-state index < -0.39 is 0 Å². The van der Waals surface area contributed by atoms with E-state index in [-0.39, 0.29) is 24.8 Å². The average molecular weight is 269 g/mol. The van der Waals surface area contributed by atoms with Gasteiger partial charge in [-0.1, -0.05) is 5.16 Å². The predicted octanol–water partition coefficient (Wildman–Crippen LogP) is 1.45. The monoisotopic (exact) mass is 268 g/mol. The predicted molar refractivity (Wildman–Crippen MR) is 68.0 cm³/mol. The molecular formula is C9H18Cl2N4O. The van der Waals surface area contributed by atoms with Crippen LogP contribution >= 0.6 is 24.8 Å². The van der Waals surface area contributed by atoms with E-state index in [1.165, 1.54) is 0 Å². The molecular weight excluding hydrogens is 251 g/mol. The lowest BCUT2D eigenvalue weighted by Gasteiger charge is -2.18. The van der Waals surface area contributed by atoms with Gasteiger partial charge in [-0.15, -0.1) is 24.8 Å². The molecule has 0 bridgehead atoms. The number of piperidine rings is 1. The third kappa shape index (κ3) is 3.50. The molecule has 7 heteroatoms. The van der Waals surface area contributed by atoms with Gasteiger partial charge in [0, 0.05) is 20.0 Å². The van der Waals surface area contributed by atoms with Crippen molar-refractivity contribution in [1.29, 1.82) is 0 Å². The van der Waals surface area contributed by atoms with Crippen molar-refractivity contribution in [2.24, 2.45) is 0 Å². The van der Waals surface area contributed by atoms with Gasteiger partial charge in [0.1, 0.15) is 0 Å². The molecule has 0 radical (unpaired) electrons. The van der Waals surface area contributed by atoms with Crippen molar-refractivity contribution in [3.8, 4) is 0 Å². The minimum atomic E-state index is 0. The van der Waals surface area contributed by atoms with E-state index in [9.17, 15) is 0 Å². The van der Waals surface area contributed by atoms with Gasteiger partial charge in [-0.3, -0.25) is 0 Å². The van der Waals surface area contributed by atoms with E-state index in [1.807, 2.05) is 19.0 Å². The zero-order valence-electron chi connectivity index (χ0n) is 9.47. The fraction of sp³-hybridized carbons (Fsp3) is 0.778. The topological polar surface area (TPSA) is 54.2 Å². The Bertz CT molecular complexity index is 299. The Hall–Kier alpha value is -0.520. The molecule has 0 unspecified atom stereocenters. The van der Waals surface area contributed by atoms with E-state index in [2.05, 4.69) is 15.5 Å². The van der Waals surface area contributed by atoms with Crippen molar-refractivity contribution in [2.45, 2.75) is 18.8 Å². The van der Waals surface area contributed by atoms with Crippen LogP contribution in [0, 0.1) is 0 Å². The molecule has 1 aromatic heterocycles. The van der Waals surface area contributed by atoms with Gasteiger partial charge in [0.25, 0.3) is 0 Å². The van der Waals surface area contributed by atoms with Crippen LogP contribution in [0.1, 0.15) is 24.6 Å². The van der Waals surface area contributed by atoms with Crippen LogP contribution in [0.25, 0.3) is 0 Å². The first-order chi connectivity index (χ1) is 6.77. The second-order valence-corrected chi connectivity index (χ2v) is 3.85. The maximum Gasteiger partial charge on any atom is 0.323 e. The van der Waals surface area contributed by atoms with E-state index in [0.717, 1.165) is 31.8 Å². The molecule has 0 saturated carbocycles. The molecule has 2 rings (SSSR count). The standard InChI is InChI=1S/C9H16N4O.2ClH/c1-13(2)9-11-8(12-14-9)7-3-5-10-6-4-7;;/h7,10H,3-6H2,1-2H3;2*1H. The number of nitrogens with one attached hydrogen (secondary N) is 1. The van der Waals surface area contributed by atoms with E-state index in [4.69, 9.17) is 4.52 Å². The van der Waals surface area contributed by atoms with Gasteiger partial charge in [0.05, 0.1) is 0 Å². The molecule has 16 heavy (non-hydrogen) atoms. The van der Waals surface area contributed by atoms with Crippen molar-refractivity contribution in [3.05, 3.63) is 5.82 Å². The molecule has 5 nitrogen and oxygen atoms in total. The molecule has 1 aliphatic rings. The summed E-state index contributed by atoms with van der Waals surface area (Å²) in [7, 11) is 3.80. The smallest absolute Gasteiger partial charge is 0.323 e. The van der Waals surface area contributed by atoms with Gasteiger partial charge in [-0.25, -0.2) is 0 Å². The van der Waals surface area contributed by atoms with Crippen LogP contribution in [-0.2, 0) is 0 Å². The van der Waals surface area contributed by atoms with Crippen molar-refractivity contribution >= 4 is 30.8 Å². The maximum absolute atomic E-state index is 5.12. The normalized spacial score (nSPS) is 16.1. The van der Waals surface area contributed by atoms with Crippen molar-refractivity contribution in [2.75, 3.05) is 32.1 Å². The third-order valence-electron chi connectivity index (χ3n) is 2.52. The summed E-state index contributed by atoms with van der Waals surface area (Å²) in [4.78, 5) is 6.18. The summed E-state index contributed by atoms with van der Waals surface area (Å²) in [6, 6.07) is 0.596. The molecule has 1 saturated heterocycles. The molecule has 2 heterocycles. The lowest BCUT2D eigenvalue weighted by Crippen LogP contribution is -2.27. The molecule has 1 fully saturated rings. The second kappa shape index (κ2) is 6.93. The first-order valence-corrected chi connectivity index (χ1v) is 4.99. The van der Waals surface area contributed by atoms with Gasteiger partial charge in [-0.2, -0.15) is 4.98 Å². The Morgan fingerprint density at radius 1 is 1.25 bits per heavy atom. The minimum Gasteiger partial charge on any atom is -0.331 e. The molecule has 1 aromatic rings. The Morgan fingerprint density at radius 3 is 2.38 bits per heavy atom. The van der Waals surface area contributed by atoms with Crippen LogP contribution in [-0.4, -0.2) is 37.3 Å². The highest BCUT2D eigenvalue weighted by molar-refractivity contribution is 5.85. The highest BCUT2D eigenvalue weighted by atomic mass is 35.5. The van der Waals surface area contributed by atoms with Crippen molar-refractivity contribution < 1.29 is 4.52 Å². The van der Waals surface area contributed by atoms with Crippen molar-refractivity contribution in [1.82, 2.24) is 15.5 Å². The number of rotatable bonds is 2. The number of halogens is 2. The molecule has 0 amide bonds. The van der Waals surface area contributed by atoms with Crippen molar-refractivity contribution in [3.63, 3.8) is 0 Å². The second-order valence-electron chi connectivity index (χ2n) is 3.85. The van der Waals surface area contributed by atoms with E-state index in [1.54, 1.807) is 0 Å². The van der Waals surface area contributed by atoms with Crippen LogP contribution in [0.4, 0.5) is 6.01 Å². The van der Waals surface area contributed by atoms with Crippen LogP contribution in [0.3, 0.4) is 0 Å². The minimum absolute atomic E-state index is 0. The Morgan fingerprint density at radius 2 is 1.88 bits per heavy atom. The zero-order chi connectivity index (χ0) is 9.97. The summed E-state index contributed by atoms with van der Waals surface area (Å²) in [5, 5.41) is 7.32. The van der Waals surface area contributed by atoms with Crippen LogP contribution in [0.2, 0.25) is 0 Å². The molecule has 0 aliphatic carbocycles. The molecule has 0 aromatic carbocycles. The fourth-order valence-electron chi connectivity index (χ4n) is 1.65. The first-order valence-electron chi connectivity index (χ1n) is 4.99. The number of aromatic nitrogens is 2. The summed E-state index contributed by atoms with van der Waals surface area (Å²) in [6.07, 6.45) is 2.21. The summed E-state index contributed by atoms with van der Waals surface area (Å²) < 4.78 is 5.12. The SMILES string of the molecule is CN(C)c1nc(C2CCNCC2)no1.Cl.Cl. The first kappa shape index (κ1) is 15.5. The number of hydrogen-bond donors (Lipinski definition) is 1. The van der Waals surface area contributed by atoms with Crippen LogP contribution < -0.4 is 10.2 Å². The highest BCUT2D eigenvalue weighted by Crippen LogP contribution is 2.23. The third-order valence-corrected chi connectivity index (χ3v) is 2.52. The van der Waals surface area contributed by atoms with E-state index in [0.29, 0.717) is 11.9 Å². The van der Waals surface area contributed by atoms with Gasteiger partial charge in [0.15, 0.2) is 5.82 Å². The van der Waals surface area contributed by atoms with Gasteiger partial charge < -0.3 is 14.7 Å². The largest absolute Gasteiger partial charge is 0.331 e. The lowest BCUT2D eigenvalue weighted by molar-refractivity contribution is 0.388. The summed E-state index contributed by atoms with van der Waals surface area (Å²) >= 11 is 0. The Balaban J connectivity index is 0.00000112. The van der Waals surface area contributed by atoms with Gasteiger partial charge in [0.2, 0.25) is 0 Å². The molecule has 0 atom stereocenters. The average Bonchev–Trinajstić information content (AvgIpc) is 2.68. The molecule has 1 aliphatic heterocycles. The lowest BCUT2D eigenvalue weighted by atomic mass is 9.98. The quantitative estimate of drug-likeness (QED) is 0.880. The maximum atomic E-state index is 5.12. The zero-order valence-corrected chi connectivity index (χ0v) is 11.1. The summed E-state index contributed by atoms with van der Waals surface area (Å²) in [5.41, 5.74) is 0. The van der Waals surface area contributed by atoms with Gasteiger partial charge >= 0.3 is 6.01 Å². The van der Waals surface area contributed by atoms with Gasteiger partial charge in [-0.05, 0) is 25.9 Å². The Kier molecular flexibility index (Phi) is 6.71. The molecule has 0 spiro atoms. The summed E-state index contributed by atoms with van der Waals surface area (Å²) in [6.45, 7) is 2.10. The molecule has 94 valence electrons. The summed E-state index contributed by atoms with van der Waals surface area (Å²) in [5.74, 6) is 1.32. The fourth-order valence-corrected chi connectivity index (χ4v) is 1.65.